The third-order valence-electron chi connectivity index (χ3n) is 2.31. The largest absolute Gasteiger partial charge is 0.375 e. The number of nitrogens with one attached hydrogen (secondary N) is 1. The average molecular weight is 225 g/mol. The predicted octanol–water partition coefficient (Wildman–Crippen LogP) is 2.04. The van der Waals surface area contributed by atoms with Gasteiger partial charge in [-0.1, -0.05) is 19.1 Å². The van der Waals surface area contributed by atoms with Crippen molar-refractivity contribution in [2.75, 3.05) is 13.7 Å². The van der Waals surface area contributed by atoms with Crippen LogP contribution in [0.5, 0.6) is 0 Å². The van der Waals surface area contributed by atoms with Crippen molar-refractivity contribution in [3.8, 4) is 0 Å². The summed E-state index contributed by atoms with van der Waals surface area (Å²) in [7, 11) is 1.54. The highest BCUT2D eigenvalue weighted by molar-refractivity contribution is 5.75. The molecule has 0 saturated carbocycles. The topological polar surface area (TPSA) is 38.3 Å². The van der Waals surface area contributed by atoms with Crippen molar-refractivity contribution in [1.82, 2.24) is 5.32 Å². The Labute approximate surface area is 94.6 Å². The van der Waals surface area contributed by atoms with Crippen molar-refractivity contribution in [3.05, 3.63) is 35.6 Å². The summed E-state index contributed by atoms with van der Waals surface area (Å²) in [5, 5.41) is 2.71. The van der Waals surface area contributed by atoms with E-state index in [0.717, 1.165) is 5.56 Å². The number of amides is 1. The number of hydrogen-bond donors (Lipinski definition) is 1. The first-order chi connectivity index (χ1) is 7.67. The number of ether oxygens (including phenoxy) is 1. The third kappa shape index (κ3) is 3.62. The number of benzene rings is 1. The Morgan fingerprint density at radius 1 is 1.56 bits per heavy atom. The van der Waals surface area contributed by atoms with Crippen LogP contribution in [-0.4, -0.2) is 19.6 Å². The fourth-order valence-corrected chi connectivity index (χ4v) is 1.38. The SMILES string of the molecule is CCC(=O)NC[C@H](OC)c1cccc(F)c1. The van der Waals surface area contributed by atoms with E-state index in [0.29, 0.717) is 13.0 Å². The average Bonchev–Trinajstić information content (AvgIpc) is 2.29. The molecule has 0 bridgehead atoms. The van der Waals surface area contributed by atoms with E-state index in [2.05, 4.69) is 5.32 Å². The maximum atomic E-state index is 13.0. The van der Waals surface area contributed by atoms with Crippen LogP contribution in [0.25, 0.3) is 0 Å². The zero-order valence-electron chi connectivity index (χ0n) is 9.50. The molecule has 0 saturated heterocycles. The molecule has 1 aromatic carbocycles. The molecule has 88 valence electrons. The van der Waals surface area contributed by atoms with Gasteiger partial charge in [0.2, 0.25) is 5.91 Å². The molecule has 0 spiro atoms. The van der Waals surface area contributed by atoms with E-state index in [-0.39, 0.29) is 17.8 Å². The van der Waals surface area contributed by atoms with Crippen LogP contribution in [0.2, 0.25) is 0 Å². The highest BCUT2D eigenvalue weighted by Crippen LogP contribution is 2.16. The Morgan fingerprint density at radius 2 is 2.31 bits per heavy atom. The minimum absolute atomic E-state index is 0.0431. The maximum absolute atomic E-state index is 13.0. The van der Waals surface area contributed by atoms with Crippen LogP contribution in [0.15, 0.2) is 24.3 Å². The van der Waals surface area contributed by atoms with Crippen LogP contribution in [0, 0.1) is 5.82 Å². The Morgan fingerprint density at radius 3 is 2.88 bits per heavy atom. The first-order valence-corrected chi connectivity index (χ1v) is 5.22. The van der Waals surface area contributed by atoms with Gasteiger partial charge in [-0.3, -0.25) is 4.79 Å². The number of carbonyl (C=O) groups excluding carboxylic acids is 1. The van der Waals surface area contributed by atoms with Crippen molar-refractivity contribution in [1.29, 1.82) is 0 Å². The molecule has 0 heterocycles. The standard InChI is InChI=1S/C12H16FNO2/c1-3-12(15)14-8-11(16-2)9-5-4-6-10(13)7-9/h4-7,11H,3,8H2,1-2H3,(H,14,15)/t11-/m0/s1. The smallest absolute Gasteiger partial charge is 0.219 e. The molecule has 1 amide bonds. The van der Waals surface area contributed by atoms with Crippen molar-refractivity contribution < 1.29 is 13.9 Å². The predicted molar refractivity (Wildman–Crippen MR) is 59.5 cm³/mol. The summed E-state index contributed by atoms with van der Waals surface area (Å²) in [6.07, 6.45) is 0.116. The molecular weight excluding hydrogens is 209 g/mol. The lowest BCUT2D eigenvalue weighted by molar-refractivity contribution is -0.121. The molecular formula is C12H16FNO2. The second-order valence-electron chi connectivity index (χ2n) is 3.44. The Hall–Kier alpha value is -1.42. The maximum Gasteiger partial charge on any atom is 0.219 e. The van der Waals surface area contributed by atoms with Gasteiger partial charge in [0.05, 0.1) is 6.10 Å². The molecule has 1 atom stereocenters. The molecule has 4 heteroatoms. The second-order valence-corrected chi connectivity index (χ2v) is 3.44. The third-order valence-corrected chi connectivity index (χ3v) is 2.31. The van der Waals surface area contributed by atoms with Gasteiger partial charge in [0.25, 0.3) is 0 Å². The first kappa shape index (κ1) is 12.6. The monoisotopic (exact) mass is 225 g/mol. The van der Waals surface area contributed by atoms with Crippen LogP contribution in [0.1, 0.15) is 25.0 Å². The van der Waals surface area contributed by atoms with Crippen molar-refractivity contribution >= 4 is 5.91 Å². The van der Waals surface area contributed by atoms with Crippen LogP contribution < -0.4 is 5.32 Å². The summed E-state index contributed by atoms with van der Waals surface area (Å²) in [6.45, 7) is 2.13. The molecule has 0 aliphatic rings. The highest BCUT2D eigenvalue weighted by Gasteiger charge is 2.11. The summed E-state index contributed by atoms with van der Waals surface area (Å²) < 4.78 is 18.2. The normalized spacial score (nSPS) is 12.2. The number of rotatable bonds is 5. The number of carbonyl (C=O) groups is 1. The minimum Gasteiger partial charge on any atom is -0.375 e. The Balaban J connectivity index is 2.64. The number of methoxy groups -OCH3 is 1. The molecule has 1 N–H and O–H groups in total. The lowest BCUT2D eigenvalue weighted by Gasteiger charge is -2.16. The number of hydrogen-bond acceptors (Lipinski definition) is 2. The van der Waals surface area contributed by atoms with Crippen LogP contribution in [0.4, 0.5) is 4.39 Å². The summed E-state index contributed by atoms with van der Waals surface area (Å²) in [5.41, 5.74) is 0.721. The molecule has 0 aliphatic heterocycles. The summed E-state index contributed by atoms with van der Waals surface area (Å²) in [5.74, 6) is -0.347. The molecule has 0 radical (unpaired) electrons. The fourth-order valence-electron chi connectivity index (χ4n) is 1.38. The summed E-state index contributed by atoms with van der Waals surface area (Å²) in [6, 6.07) is 6.18. The zero-order chi connectivity index (χ0) is 12.0. The van der Waals surface area contributed by atoms with E-state index in [9.17, 15) is 9.18 Å². The van der Waals surface area contributed by atoms with E-state index >= 15 is 0 Å². The molecule has 3 nitrogen and oxygen atoms in total. The van der Waals surface area contributed by atoms with E-state index in [4.69, 9.17) is 4.74 Å². The lowest BCUT2D eigenvalue weighted by Crippen LogP contribution is -2.28. The Bertz CT molecular complexity index is 355. The zero-order valence-corrected chi connectivity index (χ0v) is 9.50. The summed E-state index contributed by atoms with van der Waals surface area (Å²) >= 11 is 0. The van der Waals surface area contributed by atoms with Gasteiger partial charge >= 0.3 is 0 Å². The van der Waals surface area contributed by atoms with Gasteiger partial charge in [-0.15, -0.1) is 0 Å². The van der Waals surface area contributed by atoms with Crippen molar-refractivity contribution in [2.24, 2.45) is 0 Å². The van der Waals surface area contributed by atoms with Gasteiger partial charge in [0.1, 0.15) is 5.82 Å². The van der Waals surface area contributed by atoms with Gasteiger partial charge in [-0.05, 0) is 17.7 Å². The molecule has 0 aromatic heterocycles. The van der Waals surface area contributed by atoms with Crippen molar-refractivity contribution in [2.45, 2.75) is 19.4 Å². The van der Waals surface area contributed by atoms with E-state index in [1.165, 1.54) is 19.2 Å². The van der Waals surface area contributed by atoms with E-state index < -0.39 is 0 Å². The van der Waals surface area contributed by atoms with E-state index in [1.807, 2.05) is 0 Å². The van der Waals surface area contributed by atoms with Crippen LogP contribution >= 0.6 is 0 Å². The van der Waals surface area contributed by atoms with Gasteiger partial charge in [0.15, 0.2) is 0 Å². The van der Waals surface area contributed by atoms with Crippen LogP contribution in [-0.2, 0) is 9.53 Å². The quantitative estimate of drug-likeness (QED) is 0.832. The second kappa shape index (κ2) is 6.23. The fraction of sp³-hybridized carbons (Fsp3) is 0.417. The molecule has 0 unspecified atom stereocenters. The van der Waals surface area contributed by atoms with Gasteiger partial charge < -0.3 is 10.1 Å². The Kier molecular flexibility index (Phi) is 4.92. The lowest BCUT2D eigenvalue weighted by atomic mass is 10.1. The molecule has 1 rings (SSSR count). The number of halogens is 1. The summed E-state index contributed by atoms with van der Waals surface area (Å²) in [4.78, 5) is 11.1. The molecule has 1 aromatic rings. The highest BCUT2D eigenvalue weighted by atomic mass is 19.1. The van der Waals surface area contributed by atoms with Gasteiger partial charge in [0, 0.05) is 20.1 Å². The van der Waals surface area contributed by atoms with Gasteiger partial charge in [-0.25, -0.2) is 4.39 Å². The first-order valence-electron chi connectivity index (χ1n) is 5.22. The minimum atomic E-state index is -0.314. The van der Waals surface area contributed by atoms with Crippen LogP contribution in [0.3, 0.4) is 0 Å². The molecule has 0 fully saturated rings. The van der Waals surface area contributed by atoms with Crippen molar-refractivity contribution in [3.63, 3.8) is 0 Å². The van der Waals surface area contributed by atoms with Gasteiger partial charge in [-0.2, -0.15) is 0 Å². The molecule has 0 aliphatic carbocycles. The molecule has 16 heavy (non-hydrogen) atoms. The van der Waals surface area contributed by atoms with E-state index in [1.54, 1.807) is 19.1 Å².